The van der Waals surface area contributed by atoms with E-state index in [0.29, 0.717) is 5.56 Å². The van der Waals surface area contributed by atoms with Crippen LogP contribution in [0.25, 0.3) is 10.8 Å². The van der Waals surface area contributed by atoms with Crippen molar-refractivity contribution in [3.63, 3.8) is 0 Å². The topological polar surface area (TPSA) is 0 Å². The number of aryl methyl sites for hydroxylation is 1. The maximum atomic E-state index is 13.7. The van der Waals surface area contributed by atoms with E-state index in [0.717, 1.165) is 12.0 Å². The van der Waals surface area contributed by atoms with Crippen molar-refractivity contribution >= 4 is 26.7 Å². The van der Waals surface area contributed by atoms with Gasteiger partial charge in [0.15, 0.2) is 0 Å². The van der Waals surface area contributed by atoms with Crippen molar-refractivity contribution in [3.8, 4) is 0 Å². The molecule has 0 bridgehead atoms. The fourth-order valence-electron chi connectivity index (χ4n) is 2.59. The van der Waals surface area contributed by atoms with Gasteiger partial charge in [-0.3, -0.25) is 0 Å². The minimum atomic E-state index is -0.144. The molecule has 0 fully saturated rings. The predicted octanol–water partition coefficient (Wildman–Crippen LogP) is 5.97. The van der Waals surface area contributed by atoms with E-state index in [1.807, 2.05) is 18.2 Å². The zero-order chi connectivity index (χ0) is 14.8. The quantitative estimate of drug-likeness (QED) is 0.514. The van der Waals surface area contributed by atoms with E-state index in [1.165, 1.54) is 16.3 Å². The molecule has 0 radical (unpaired) electrons. The smallest absolute Gasteiger partial charge is 0.126 e. The highest BCUT2D eigenvalue weighted by Gasteiger charge is 2.12. The molecular weight excluding hydrogens is 327 g/mol. The Labute approximate surface area is 132 Å². The summed E-state index contributed by atoms with van der Waals surface area (Å²) in [5, 5.41) is 2.50. The van der Waals surface area contributed by atoms with Crippen LogP contribution in [0.5, 0.6) is 0 Å². The number of hydrogen-bond donors (Lipinski definition) is 0. The maximum Gasteiger partial charge on any atom is 0.126 e. The van der Waals surface area contributed by atoms with Crippen molar-refractivity contribution in [2.24, 2.45) is 0 Å². The van der Waals surface area contributed by atoms with Crippen LogP contribution >= 0.6 is 15.9 Å². The Kier molecular flexibility index (Phi) is 4.07. The summed E-state index contributed by atoms with van der Waals surface area (Å²) in [5.74, 6) is -0.144. The number of benzene rings is 3. The van der Waals surface area contributed by atoms with Crippen LogP contribution < -0.4 is 0 Å². The Bertz CT molecular complexity index is 774. The summed E-state index contributed by atoms with van der Waals surface area (Å²) in [5.41, 5.74) is 2.94. The van der Waals surface area contributed by atoms with E-state index in [1.54, 1.807) is 13.0 Å². The number of alkyl halides is 1. The minimum absolute atomic E-state index is 0.110. The third-order valence-electron chi connectivity index (χ3n) is 3.84. The molecular formula is C19H16BrF. The van der Waals surface area contributed by atoms with Gasteiger partial charge in [-0.1, -0.05) is 70.5 Å². The Morgan fingerprint density at radius 3 is 2.57 bits per heavy atom. The number of halogens is 2. The van der Waals surface area contributed by atoms with Gasteiger partial charge in [-0.2, -0.15) is 0 Å². The van der Waals surface area contributed by atoms with Crippen LogP contribution in [0.2, 0.25) is 0 Å². The summed E-state index contributed by atoms with van der Waals surface area (Å²) < 4.78 is 13.7. The van der Waals surface area contributed by atoms with Crippen LogP contribution in [0.15, 0.2) is 60.7 Å². The summed E-state index contributed by atoms with van der Waals surface area (Å²) in [6.07, 6.45) is 0.837. The Hall–Kier alpha value is -1.67. The third kappa shape index (κ3) is 3.01. The zero-order valence-corrected chi connectivity index (χ0v) is 13.4. The number of hydrogen-bond acceptors (Lipinski definition) is 0. The largest absolute Gasteiger partial charge is 0.207 e. The summed E-state index contributed by atoms with van der Waals surface area (Å²) in [7, 11) is 0. The highest BCUT2D eigenvalue weighted by Crippen LogP contribution is 2.31. The van der Waals surface area contributed by atoms with E-state index in [2.05, 4.69) is 52.3 Å². The third-order valence-corrected chi connectivity index (χ3v) is 4.69. The second kappa shape index (κ2) is 5.98. The van der Waals surface area contributed by atoms with Crippen molar-refractivity contribution in [3.05, 3.63) is 83.2 Å². The van der Waals surface area contributed by atoms with Crippen LogP contribution in [0.4, 0.5) is 4.39 Å². The molecule has 0 aliphatic carbocycles. The lowest BCUT2D eigenvalue weighted by atomic mass is 9.98. The lowest BCUT2D eigenvalue weighted by Gasteiger charge is -2.13. The fourth-order valence-corrected chi connectivity index (χ4v) is 3.22. The molecule has 1 unspecified atom stereocenters. The fraction of sp³-hybridized carbons (Fsp3) is 0.158. The molecule has 0 amide bonds. The van der Waals surface area contributed by atoms with E-state index in [9.17, 15) is 4.39 Å². The van der Waals surface area contributed by atoms with Gasteiger partial charge in [0.25, 0.3) is 0 Å². The molecule has 1 atom stereocenters. The van der Waals surface area contributed by atoms with Crippen LogP contribution in [0.3, 0.4) is 0 Å². The molecule has 0 aromatic heterocycles. The molecule has 3 rings (SSSR count). The van der Waals surface area contributed by atoms with Gasteiger partial charge in [-0.25, -0.2) is 4.39 Å². The highest BCUT2D eigenvalue weighted by atomic mass is 79.9. The lowest BCUT2D eigenvalue weighted by molar-refractivity contribution is 0.616. The lowest BCUT2D eigenvalue weighted by Crippen LogP contribution is -1.98. The molecule has 21 heavy (non-hydrogen) atoms. The van der Waals surface area contributed by atoms with Gasteiger partial charge >= 0.3 is 0 Å². The van der Waals surface area contributed by atoms with Crippen LogP contribution in [-0.2, 0) is 6.42 Å². The van der Waals surface area contributed by atoms with Gasteiger partial charge in [-0.05, 0) is 46.9 Å². The molecule has 106 valence electrons. The van der Waals surface area contributed by atoms with Gasteiger partial charge in [-0.15, -0.1) is 0 Å². The molecule has 0 aliphatic heterocycles. The van der Waals surface area contributed by atoms with Crippen molar-refractivity contribution < 1.29 is 4.39 Å². The summed E-state index contributed by atoms with van der Waals surface area (Å²) in [6.45, 7) is 1.78. The molecule has 0 spiro atoms. The second-order valence-corrected chi connectivity index (χ2v) is 6.42. The van der Waals surface area contributed by atoms with Crippen LogP contribution in [0.1, 0.15) is 21.5 Å². The Morgan fingerprint density at radius 2 is 1.76 bits per heavy atom. The van der Waals surface area contributed by atoms with Crippen molar-refractivity contribution in [1.82, 2.24) is 0 Å². The predicted molar refractivity (Wildman–Crippen MR) is 90.5 cm³/mol. The molecule has 2 heteroatoms. The average Bonchev–Trinajstić information content (AvgIpc) is 2.50. The first-order valence-electron chi connectivity index (χ1n) is 7.02. The van der Waals surface area contributed by atoms with Crippen molar-refractivity contribution in [2.45, 2.75) is 18.2 Å². The molecule has 0 N–H and O–H groups in total. The van der Waals surface area contributed by atoms with Crippen molar-refractivity contribution in [1.29, 1.82) is 0 Å². The average molecular weight is 343 g/mol. The monoisotopic (exact) mass is 342 g/mol. The normalized spacial score (nSPS) is 12.5. The zero-order valence-electron chi connectivity index (χ0n) is 11.8. The van der Waals surface area contributed by atoms with Gasteiger partial charge in [0.05, 0.1) is 0 Å². The van der Waals surface area contributed by atoms with Gasteiger partial charge in [0.2, 0.25) is 0 Å². The summed E-state index contributed by atoms with van der Waals surface area (Å²) in [6, 6.07) is 20.1. The first-order valence-corrected chi connectivity index (χ1v) is 7.93. The first kappa shape index (κ1) is 14.3. The first-order chi connectivity index (χ1) is 10.1. The second-order valence-electron chi connectivity index (χ2n) is 5.32. The molecule has 3 aromatic carbocycles. The molecule has 0 saturated heterocycles. The van der Waals surface area contributed by atoms with E-state index >= 15 is 0 Å². The SMILES string of the molecule is Cc1ccc(C(Br)Cc2cccc3ccccc23)cc1F. The molecule has 0 nitrogen and oxygen atoms in total. The highest BCUT2D eigenvalue weighted by molar-refractivity contribution is 9.09. The maximum absolute atomic E-state index is 13.7. The number of rotatable bonds is 3. The molecule has 0 heterocycles. The Balaban J connectivity index is 1.92. The minimum Gasteiger partial charge on any atom is -0.207 e. The summed E-state index contributed by atoms with van der Waals surface area (Å²) in [4.78, 5) is 0.110. The van der Waals surface area contributed by atoms with Gasteiger partial charge < -0.3 is 0 Å². The molecule has 0 saturated carbocycles. The molecule has 3 aromatic rings. The standard InChI is InChI=1S/C19H16BrF/c1-13-9-10-16(12-19(13)21)18(20)11-15-7-4-6-14-5-2-3-8-17(14)15/h2-10,12,18H,11H2,1H3. The number of fused-ring (bicyclic) bond motifs is 1. The van der Waals surface area contributed by atoms with Crippen LogP contribution in [0, 0.1) is 12.7 Å². The van der Waals surface area contributed by atoms with E-state index in [4.69, 9.17) is 0 Å². The Morgan fingerprint density at radius 1 is 1.00 bits per heavy atom. The van der Waals surface area contributed by atoms with Crippen LogP contribution in [-0.4, -0.2) is 0 Å². The van der Waals surface area contributed by atoms with Gasteiger partial charge in [0.1, 0.15) is 5.82 Å². The van der Waals surface area contributed by atoms with Crippen molar-refractivity contribution in [2.75, 3.05) is 0 Å². The summed E-state index contributed by atoms with van der Waals surface area (Å²) >= 11 is 3.70. The van der Waals surface area contributed by atoms with E-state index in [-0.39, 0.29) is 10.6 Å². The van der Waals surface area contributed by atoms with E-state index < -0.39 is 0 Å². The molecule has 0 aliphatic rings. The van der Waals surface area contributed by atoms with Gasteiger partial charge in [0, 0.05) is 4.83 Å².